The van der Waals surface area contributed by atoms with E-state index in [4.69, 9.17) is 5.73 Å². The Labute approximate surface area is 173 Å². The number of nitrogens with zero attached hydrogens (tertiary/aromatic N) is 4. The van der Waals surface area contributed by atoms with Gasteiger partial charge in [-0.05, 0) is 29.5 Å². The zero-order valence-electron chi connectivity index (χ0n) is 17.7. The molecular weight excluding hydrogens is 386 g/mol. The molecule has 1 fully saturated rings. The van der Waals surface area contributed by atoms with E-state index in [0.29, 0.717) is 17.8 Å². The summed E-state index contributed by atoms with van der Waals surface area (Å²) in [5.41, 5.74) is 7.14. The van der Waals surface area contributed by atoms with Gasteiger partial charge in [-0.1, -0.05) is 39.8 Å². The van der Waals surface area contributed by atoms with Crippen molar-refractivity contribution in [2.75, 3.05) is 43.4 Å². The average molecular weight is 418 g/mol. The standard InChI is InChI=1S/C21H31N5O2S/c1-15(2)14-25-9-11-26(12-10-25)21-23-13-19(20(22)24-21)29(27,28)18-7-5-17(6-8-18)16(3)4/h5-8,13,15-16H,9-12,14H2,1-4H3,(H2,22,23,24). The molecule has 1 aliphatic heterocycles. The summed E-state index contributed by atoms with van der Waals surface area (Å²) in [7, 11) is -3.76. The van der Waals surface area contributed by atoms with Crippen LogP contribution >= 0.6 is 0 Å². The predicted molar refractivity (Wildman–Crippen MR) is 116 cm³/mol. The van der Waals surface area contributed by atoms with E-state index in [9.17, 15) is 8.42 Å². The van der Waals surface area contributed by atoms with Crippen LogP contribution in [0.15, 0.2) is 40.3 Å². The number of hydrogen-bond acceptors (Lipinski definition) is 7. The number of nitrogens with two attached hydrogens (primary N) is 1. The fourth-order valence-corrected chi connectivity index (χ4v) is 4.80. The van der Waals surface area contributed by atoms with Gasteiger partial charge in [-0.15, -0.1) is 0 Å². The van der Waals surface area contributed by atoms with Crippen LogP contribution in [0, 0.1) is 5.92 Å². The number of hydrogen-bond donors (Lipinski definition) is 1. The molecular formula is C21H31N5O2S. The highest BCUT2D eigenvalue weighted by Crippen LogP contribution is 2.27. The van der Waals surface area contributed by atoms with E-state index in [-0.39, 0.29) is 15.6 Å². The molecule has 0 aliphatic carbocycles. The van der Waals surface area contributed by atoms with Crippen molar-refractivity contribution in [3.05, 3.63) is 36.0 Å². The number of benzene rings is 1. The quantitative estimate of drug-likeness (QED) is 0.772. The first-order valence-corrected chi connectivity index (χ1v) is 11.6. The molecule has 1 aromatic heterocycles. The minimum Gasteiger partial charge on any atom is -0.382 e. The van der Waals surface area contributed by atoms with Crippen molar-refractivity contribution < 1.29 is 8.42 Å². The van der Waals surface area contributed by atoms with E-state index >= 15 is 0 Å². The Balaban J connectivity index is 1.77. The van der Waals surface area contributed by atoms with Gasteiger partial charge in [0.25, 0.3) is 0 Å². The molecule has 7 nitrogen and oxygen atoms in total. The van der Waals surface area contributed by atoms with E-state index in [1.54, 1.807) is 12.1 Å². The summed E-state index contributed by atoms with van der Waals surface area (Å²) >= 11 is 0. The first kappa shape index (κ1) is 21.5. The Kier molecular flexibility index (Phi) is 6.43. The molecule has 29 heavy (non-hydrogen) atoms. The van der Waals surface area contributed by atoms with Crippen molar-refractivity contribution in [2.45, 2.75) is 43.4 Å². The molecule has 1 saturated heterocycles. The van der Waals surface area contributed by atoms with Crippen LogP contribution < -0.4 is 10.6 Å². The zero-order valence-corrected chi connectivity index (χ0v) is 18.5. The monoisotopic (exact) mass is 417 g/mol. The van der Waals surface area contributed by atoms with Crippen LogP contribution in [0.25, 0.3) is 0 Å². The maximum Gasteiger partial charge on any atom is 0.227 e. The van der Waals surface area contributed by atoms with E-state index in [1.165, 1.54) is 6.20 Å². The normalized spacial score (nSPS) is 16.0. The molecule has 0 unspecified atom stereocenters. The molecule has 0 radical (unpaired) electrons. The van der Waals surface area contributed by atoms with E-state index < -0.39 is 9.84 Å². The summed E-state index contributed by atoms with van der Waals surface area (Å²) in [6.07, 6.45) is 1.34. The number of piperazine rings is 1. The Bertz CT molecular complexity index is 934. The fraction of sp³-hybridized carbons (Fsp3) is 0.524. The smallest absolute Gasteiger partial charge is 0.227 e. The molecule has 0 amide bonds. The van der Waals surface area contributed by atoms with Gasteiger partial charge < -0.3 is 10.6 Å². The molecule has 2 N–H and O–H groups in total. The number of rotatable bonds is 6. The van der Waals surface area contributed by atoms with Gasteiger partial charge in [-0.3, -0.25) is 4.90 Å². The summed E-state index contributed by atoms with van der Waals surface area (Å²) in [4.78, 5) is 13.3. The molecule has 1 aliphatic rings. The fourth-order valence-electron chi connectivity index (χ4n) is 3.54. The predicted octanol–water partition coefficient (Wildman–Crippen LogP) is 2.79. The third kappa shape index (κ3) is 4.87. The lowest BCUT2D eigenvalue weighted by Crippen LogP contribution is -2.48. The second-order valence-electron chi connectivity index (χ2n) is 8.33. The third-order valence-electron chi connectivity index (χ3n) is 5.20. The zero-order chi connectivity index (χ0) is 21.2. The van der Waals surface area contributed by atoms with Crippen LogP contribution in [-0.4, -0.2) is 56.0 Å². The lowest BCUT2D eigenvalue weighted by molar-refractivity contribution is 0.230. The van der Waals surface area contributed by atoms with Crippen LogP contribution in [0.1, 0.15) is 39.2 Å². The molecule has 158 valence electrons. The lowest BCUT2D eigenvalue weighted by atomic mass is 10.0. The maximum absolute atomic E-state index is 13.0. The number of sulfone groups is 1. The number of nitrogen functional groups attached to an aromatic ring is 1. The van der Waals surface area contributed by atoms with E-state index in [0.717, 1.165) is 38.3 Å². The Morgan fingerprint density at radius 2 is 1.66 bits per heavy atom. The Hall–Kier alpha value is -2.19. The first-order chi connectivity index (χ1) is 13.7. The SMILES string of the molecule is CC(C)CN1CCN(c2ncc(S(=O)(=O)c3ccc(C(C)C)cc3)c(N)n2)CC1. The Morgan fingerprint density at radius 3 is 2.17 bits per heavy atom. The molecule has 0 spiro atoms. The van der Waals surface area contributed by atoms with Crippen LogP contribution in [0.2, 0.25) is 0 Å². The van der Waals surface area contributed by atoms with Crippen molar-refractivity contribution in [3.63, 3.8) is 0 Å². The van der Waals surface area contributed by atoms with Gasteiger partial charge in [0.2, 0.25) is 15.8 Å². The molecule has 3 rings (SSSR count). The minimum absolute atomic E-state index is 0.00690. The number of anilines is 2. The molecule has 8 heteroatoms. The van der Waals surface area contributed by atoms with Crippen molar-refractivity contribution >= 4 is 21.6 Å². The van der Waals surface area contributed by atoms with Gasteiger partial charge in [0.05, 0.1) is 11.1 Å². The molecule has 1 aromatic carbocycles. The summed E-state index contributed by atoms with van der Waals surface area (Å²) in [5, 5.41) is 0. The van der Waals surface area contributed by atoms with Crippen LogP contribution in [0.5, 0.6) is 0 Å². The molecule has 0 saturated carbocycles. The summed E-state index contributed by atoms with van der Waals surface area (Å²) in [5.74, 6) is 1.45. The van der Waals surface area contributed by atoms with Crippen molar-refractivity contribution in [2.24, 2.45) is 5.92 Å². The van der Waals surface area contributed by atoms with Gasteiger partial charge >= 0.3 is 0 Å². The lowest BCUT2D eigenvalue weighted by Gasteiger charge is -2.35. The van der Waals surface area contributed by atoms with Crippen LogP contribution in [-0.2, 0) is 9.84 Å². The van der Waals surface area contributed by atoms with Gasteiger partial charge in [0, 0.05) is 32.7 Å². The topological polar surface area (TPSA) is 92.4 Å². The Morgan fingerprint density at radius 1 is 1.03 bits per heavy atom. The van der Waals surface area contributed by atoms with Gasteiger partial charge in [-0.2, -0.15) is 4.98 Å². The summed E-state index contributed by atoms with van der Waals surface area (Å²) < 4.78 is 26.0. The maximum atomic E-state index is 13.0. The highest BCUT2D eigenvalue weighted by Gasteiger charge is 2.25. The van der Waals surface area contributed by atoms with E-state index in [2.05, 4.69) is 47.5 Å². The van der Waals surface area contributed by atoms with Crippen LogP contribution in [0.3, 0.4) is 0 Å². The minimum atomic E-state index is -3.76. The summed E-state index contributed by atoms with van der Waals surface area (Å²) in [6, 6.07) is 6.90. The molecule has 0 bridgehead atoms. The largest absolute Gasteiger partial charge is 0.382 e. The van der Waals surface area contributed by atoms with Crippen LogP contribution in [0.4, 0.5) is 11.8 Å². The molecule has 2 aromatic rings. The highest BCUT2D eigenvalue weighted by atomic mass is 32.2. The molecule has 0 atom stereocenters. The summed E-state index contributed by atoms with van der Waals surface area (Å²) in [6.45, 7) is 13.1. The van der Waals surface area contributed by atoms with Crippen molar-refractivity contribution in [3.8, 4) is 0 Å². The molecule has 2 heterocycles. The average Bonchev–Trinajstić information content (AvgIpc) is 2.68. The number of aromatic nitrogens is 2. The van der Waals surface area contributed by atoms with Crippen molar-refractivity contribution in [1.29, 1.82) is 0 Å². The van der Waals surface area contributed by atoms with Gasteiger partial charge in [-0.25, -0.2) is 13.4 Å². The first-order valence-electron chi connectivity index (χ1n) is 10.1. The second kappa shape index (κ2) is 8.67. The van der Waals surface area contributed by atoms with Crippen molar-refractivity contribution in [1.82, 2.24) is 14.9 Å². The second-order valence-corrected chi connectivity index (χ2v) is 10.2. The van der Waals surface area contributed by atoms with Gasteiger partial charge in [0.15, 0.2) is 0 Å². The van der Waals surface area contributed by atoms with E-state index in [1.807, 2.05) is 12.1 Å². The van der Waals surface area contributed by atoms with Gasteiger partial charge in [0.1, 0.15) is 10.7 Å². The highest BCUT2D eigenvalue weighted by molar-refractivity contribution is 7.91. The third-order valence-corrected chi connectivity index (χ3v) is 6.98.